The highest BCUT2D eigenvalue weighted by Crippen LogP contribution is 2.23. The van der Waals surface area contributed by atoms with Gasteiger partial charge in [-0.3, -0.25) is 15.6 Å². The second kappa shape index (κ2) is 7.89. The lowest BCUT2D eigenvalue weighted by atomic mass is 10.3. The summed E-state index contributed by atoms with van der Waals surface area (Å²) in [6.45, 7) is 2.42. The fourth-order valence-corrected chi connectivity index (χ4v) is 1.41. The summed E-state index contributed by atoms with van der Waals surface area (Å²) in [4.78, 5) is 11.1. The first-order valence-electron chi connectivity index (χ1n) is 5.62. The third-order valence-electron chi connectivity index (χ3n) is 1.99. The zero-order chi connectivity index (χ0) is 14.1. The Morgan fingerprint density at radius 1 is 1.42 bits per heavy atom. The number of thiocarbonyl (C=S) groups is 1. The third kappa shape index (κ3) is 5.23. The molecule has 0 aromatic heterocycles. The molecule has 1 rings (SSSR count). The van der Waals surface area contributed by atoms with Crippen molar-refractivity contribution in [2.45, 2.75) is 13.3 Å². The SMILES string of the molecule is CCOc1ccccc1NC(=S)NNC(=O)CC#N. The predicted molar refractivity (Wildman–Crippen MR) is 75.3 cm³/mol. The van der Waals surface area contributed by atoms with E-state index in [0.717, 1.165) is 0 Å². The van der Waals surface area contributed by atoms with E-state index in [4.69, 9.17) is 22.2 Å². The maximum Gasteiger partial charge on any atom is 0.252 e. The highest BCUT2D eigenvalue weighted by Gasteiger charge is 2.05. The maximum atomic E-state index is 11.1. The van der Waals surface area contributed by atoms with Crippen molar-refractivity contribution in [1.82, 2.24) is 10.9 Å². The van der Waals surface area contributed by atoms with Gasteiger partial charge >= 0.3 is 0 Å². The van der Waals surface area contributed by atoms with Crippen LogP contribution >= 0.6 is 12.2 Å². The van der Waals surface area contributed by atoms with E-state index < -0.39 is 5.91 Å². The fraction of sp³-hybridized carbons (Fsp3) is 0.250. The molecule has 0 aliphatic rings. The van der Waals surface area contributed by atoms with Crippen LogP contribution in [0.4, 0.5) is 5.69 Å². The number of nitrogens with one attached hydrogen (secondary N) is 3. The summed E-state index contributed by atoms with van der Waals surface area (Å²) in [5.41, 5.74) is 5.49. The highest BCUT2D eigenvalue weighted by molar-refractivity contribution is 7.80. The monoisotopic (exact) mass is 278 g/mol. The Labute approximate surface area is 116 Å². The number of carbonyl (C=O) groups excluding carboxylic acids is 1. The molecule has 0 saturated carbocycles. The van der Waals surface area contributed by atoms with Crippen LogP contribution in [0, 0.1) is 11.3 Å². The largest absolute Gasteiger partial charge is 0.492 e. The molecular weight excluding hydrogens is 264 g/mol. The number of carbonyl (C=O) groups is 1. The lowest BCUT2D eigenvalue weighted by Crippen LogP contribution is -2.43. The van der Waals surface area contributed by atoms with Crippen molar-refractivity contribution in [2.75, 3.05) is 11.9 Å². The van der Waals surface area contributed by atoms with Crippen molar-refractivity contribution in [1.29, 1.82) is 5.26 Å². The second-order valence-corrected chi connectivity index (χ2v) is 3.80. The first-order chi connectivity index (χ1) is 9.17. The second-order valence-electron chi connectivity index (χ2n) is 3.39. The fourth-order valence-electron chi connectivity index (χ4n) is 1.25. The van der Waals surface area contributed by atoms with Crippen LogP contribution in [0.3, 0.4) is 0 Å². The molecule has 0 fully saturated rings. The molecule has 6 nitrogen and oxygen atoms in total. The Balaban J connectivity index is 2.53. The summed E-state index contributed by atoms with van der Waals surface area (Å²) >= 11 is 5.01. The van der Waals surface area contributed by atoms with E-state index in [-0.39, 0.29) is 11.5 Å². The Kier molecular flexibility index (Phi) is 6.12. The number of nitriles is 1. The van der Waals surface area contributed by atoms with Gasteiger partial charge in [-0.25, -0.2) is 0 Å². The number of rotatable bonds is 4. The van der Waals surface area contributed by atoms with Crippen molar-refractivity contribution >= 4 is 28.9 Å². The smallest absolute Gasteiger partial charge is 0.252 e. The Hall–Kier alpha value is -2.33. The van der Waals surface area contributed by atoms with E-state index in [9.17, 15) is 4.79 Å². The van der Waals surface area contributed by atoms with Crippen LogP contribution in [0.2, 0.25) is 0 Å². The quantitative estimate of drug-likeness (QED) is 0.569. The molecule has 0 unspecified atom stereocenters. The number of para-hydroxylation sites is 2. The molecule has 1 amide bonds. The number of ether oxygens (including phenoxy) is 1. The lowest BCUT2D eigenvalue weighted by molar-refractivity contribution is -0.120. The van der Waals surface area contributed by atoms with E-state index in [1.165, 1.54) is 0 Å². The van der Waals surface area contributed by atoms with Crippen LogP contribution in [0.15, 0.2) is 24.3 Å². The number of nitrogens with zero attached hydrogens (tertiary/aromatic N) is 1. The zero-order valence-corrected chi connectivity index (χ0v) is 11.2. The average molecular weight is 278 g/mol. The van der Waals surface area contributed by atoms with Gasteiger partial charge in [-0.2, -0.15) is 5.26 Å². The predicted octanol–water partition coefficient (Wildman–Crippen LogP) is 1.32. The first-order valence-corrected chi connectivity index (χ1v) is 6.02. The maximum absolute atomic E-state index is 11.1. The molecule has 0 spiro atoms. The van der Waals surface area contributed by atoms with Gasteiger partial charge in [-0.15, -0.1) is 0 Å². The van der Waals surface area contributed by atoms with Gasteiger partial charge < -0.3 is 10.1 Å². The number of benzene rings is 1. The summed E-state index contributed by atoms with van der Waals surface area (Å²) in [6, 6.07) is 9.02. The minimum atomic E-state index is -0.454. The van der Waals surface area contributed by atoms with Gasteiger partial charge in [0, 0.05) is 0 Å². The number of amides is 1. The molecule has 100 valence electrons. The summed E-state index contributed by atoms with van der Waals surface area (Å²) in [5, 5.41) is 11.4. The topological polar surface area (TPSA) is 86.2 Å². The van der Waals surface area contributed by atoms with E-state index in [1.54, 1.807) is 12.1 Å². The van der Waals surface area contributed by atoms with Crippen LogP contribution in [0.25, 0.3) is 0 Å². The molecule has 1 aromatic carbocycles. The van der Waals surface area contributed by atoms with Crippen molar-refractivity contribution in [2.24, 2.45) is 0 Å². The van der Waals surface area contributed by atoms with Gasteiger partial charge in [0.05, 0.1) is 18.4 Å². The normalized spacial score (nSPS) is 9.05. The minimum absolute atomic E-state index is 0.207. The molecule has 0 heterocycles. The van der Waals surface area contributed by atoms with Crippen LogP contribution in [0.5, 0.6) is 5.75 Å². The van der Waals surface area contributed by atoms with E-state index in [0.29, 0.717) is 18.0 Å². The Bertz CT molecular complexity index is 499. The van der Waals surface area contributed by atoms with E-state index >= 15 is 0 Å². The van der Waals surface area contributed by atoms with Gasteiger partial charge in [-0.1, -0.05) is 12.1 Å². The van der Waals surface area contributed by atoms with Gasteiger partial charge in [0.1, 0.15) is 12.2 Å². The summed E-state index contributed by atoms with van der Waals surface area (Å²) < 4.78 is 5.42. The molecule has 19 heavy (non-hydrogen) atoms. The number of anilines is 1. The summed E-state index contributed by atoms with van der Waals surface area (Å²) in [6.07, 6.45) is -0.231. The standard InChI is InChI=1S/C12H14N4O2S/c1-2-18-10-6-4-3-5-9(10)14-12(19)16-15-11(17)7-8-13/h3-6H,2,7H2,1H3,(H,15,17)(H2,14,16,19). The molecule has 7 heteroatoms. The minimum Gasteiger partial charge on any atom is -0.492 e. The Morgan fingerprint density at radius 2 is 2.16 bits per heavy atom. The molecule has 0 atom stereocenters. The van der Waals surface area contributed by atoms with Crippen LogP contribution in [-0.2, 0) is 4.79 Å². The van der Waals surface area contributed by atoms with Gasteiger partial charge in [0.2, 0.25) is 0 Å². The zero-order valence-electron chi connectivity index (χ0n) is 10.4. The Morgan fingerprint density at radius 3 is 2.84 bits per heavy atom. The van der Waals surface area contributed by atoms with Crippen molar-refractivity contribution in [3.05, 3.63) is 24.3 Å². The number of hydrogen-bond acceptors (Lipinski definition) is 4. The van der Waals surface area contributed by atoms with Crippen molar-refractivity contribution in [3.63, 3.8) is 0 Å². The summed E-state index contributed by atoms with van der Waals surface area (Å²) in [5.74, 6) is 0.210. The van der Waals surface area contributed by atoms with Gasteiger partial charge in [-0.05, 0) is 31.3 Å². The lowest BCUT2D eigenvalue weighted by Gasteiger charge is -2.14. The average Bonchev–Trinajstić information content (AvgIpc) is 2.39. The van der Waals surface area contributed by atoms with Crippen molar-refractivity contribution < 1.29 is 9.53 Å². The molecule has 0 aliphatic carbocycles. The highest BCUT2D eigenvalue weighted by atomic mass is 32.1. The van der Waals surface area contributed by atoms with E-state index in [1.807, 2.05) is 25.1 Å². The molecule has 1 aromatic rings. The number of hydrogen-bond donors (Lipinski definition) is 3. The number of hydrazine groups is 1. The molecule has 0 radical (unpaired) electrons. The molecule has 0 bridgehead atoms. The van der Waals surface area contributed by atoms with Gasteiger partial charge in [0.25, 0.3) is 5.91 Å². The third-order valence-corrected chi connectivity index (χ3v) is 2.19. The van der Waals surface area contributed by atoms with Crippen LogP contribution in [0.1, 0.15) is 13.3 Å². The first kappa shape index (κ1) is 14.7. The summed E-state index contributed by atoms with van der Waals surface area (Å²) in [7, 11) is 0. The van der Waals surface area contributed by atoms with Gasteiger partial charge in [0.15, 0.2) is 5.11 Å². The van der Waals surface area contributed by atoms with Crippen LogP contribution in [-0.4, -0.2) is 17.6 Å². The molecule has 3 N–H and O–H groups in total. The molecule has 0 aliphatic heterocycles. The molecular formula is C12H14N4O2S. The van der Waals surface area contributed by atoms with Crippen LogP contribution < -0.4 is 20.9 Å². The molecule has 0 saturated heterocycles. The van der Waals surface area contributed by atoms with Crippen molar-refractivity contribution in [3.8, 4) is 11.8 Å². The van der Waals surface area contributed by atoms with E-state index in [2.05, 4.69) is 16.2 Å².